The van der Waals surface area contributed by atoms with Crippen molar-refractivity contribution in [3.63, 3.8) is 0 Å². The summed E-state index contributed by atoms with van der Waals surface area (Å²) in [6.07, 6.45) is 1.85. The Morgan fingerprint density at radius 2 is 1.89 bits per heavy atom. The van der Waals surface area contributed by atoms with Gasteiger partial charge in [-0.25, -0.2) is 13.6 Å². The lowest BCUT2D eigenvalue weighted by Gasteiger charge is -2.42. The van der Waals surface area contributed by atoms with Crippen molar-refractivity contribution in [2.24, 2.45) is 0 Å². The van der Waals surface area contributed by atoms with Gasteiger partial charge in [-0.2, -0.15) is 0 Å². The monoisotopic (exact) mass is 475 g/mol. The van der Waals surface area contributed by atoms with Crippen LogP contribution in [0.1, 0.15) is 35.0 Å². The molecule has 178 valence electrons. The van der Waals surface area contributed by atoms with Crippen LogP contribution >= 0.6 is 0 Å². The third-order valence-corrected chi connectivity index (χ3v) is 6.83. The Bertz CT molecular complexity index is 1480. The third kappa shape index (κ3) is 3.49. The molecule has 0 bridgehead atoms. The van der Waals surface area contributed by atoms with Crippen molar-refractivity contribution in [3.05, 3.63) is 83.1 Å². The van der Waals surface area contributed by atoms with Gasteiger partial charge in [-0.1, -0.05) is 13.0 Å². The molecule has 35 heavy (non-hydrogen) atoms. The van der Waals surface area contributed by atoms with E-state index in [1.165, 1.54) is 24.3 Å². The molecule has 1 saturated heterocycles. The Morgan fingerprint density at radius 1 is 1.17 bits per heavy atom. The number of aromatic nitrogens is 1. The fraction of sp³-hybridized carbons (Fsp3) is 0.185. The number of carboxylic acid groups (broad SMARTS) is 1. The minimum atomic E-state index is -1.22. The summed E-state index contributed by atoms with van der Waals surface area (Å²) in [4.78, 5) is 11.4. The highest BCUT2D eigenvalue weighted by Gasteiger charge is 2.44. The summed E-state index contributed by atoms with van der Waals surface area (Å²) in [7, 11) is 0. The van der Waals surface area contributed by atoms with E-state index in [2.05, 4.69) is 0 Å². The first kappa shape index (κ1) is 22.7. The average Bonchev–Trinajstić information content (AvgIpc) is 3.12. The second kappa shape index (κ2) is 8.32. The molecule has 5 rings (SSSR count). The van der Waals surface area contributed by atoms with Crippen LogP contribution in [0.15, 0.2) is 54.6 Å². The van der Waals surface area contributed by atoms with Crippen LogP contribution < -0.4 is 5.73 Å². The van der Waals surface area contributed by atoms with Crippen molar-refractivity contribution in [2.75, 3.05) is 18.9 Å². The van der Waals surface area contributed by atoms with Crippen molar-refractivity contribution in [3.8, 4) is 16.8 Å². The van der Waals surface area contributed by atoms with Gasteiger partial charge in [0.1, 0.15) is 11.6 Å². The molecule has 4 aromatic rings. The highest BCUT2D eigenvalue weighted by Crippen LogP contribution is 2.48. The Balaban J connectivity index is 1.96. The molecule has 0 aliphatic carbocycles. The van der Waals surface area contributed by atoms with Gasteiger partial charge in [-0.15, -0.1) is 0 Å². The third-order valence-electron chi connectivity index (χ3n) is 6.83. The predicted octanol–water partition coefficient (Wildman–Crippen LogP) is 5.53. The number of hydrogen-bond donors (Lipinski definition) is 3. The molecule has 0 unspecified atom stereocenters. The number of hydrogen-bond acceptors (Lipinski definition) is 4. The topological polar surface area (TPSA) is 101 Å². The van der Waals surface area contributed by atoms with E-state index in [-0.39, 0.29) is 16.9 Å². The largest absolute Gasteiger partial charge is 0.478 e. The van der Waals surface area contributed by atoms with Crippen molar-refractivity contribution >= 4 is 28.8 Å². The van der Waals surface area contributed by atoms with Gasteiger partial charge >= 0.3 is 5.97 Å². The van der Waals surface area contributed by atoms with Gasteiger partial charge in [0.05, 0.1) is 29.7 Å². The second-order valence-electron chi connectivity index (χ2n) is 8.80. The van der Waals surface area contributed by atoms with Gasteiger partial charge in [0.15, 0.2) is 0 Å². The minimum Gasteiger partial charge on any atom is -0.478 e. The van der Waals surface area contributed by atoms with E-state index >= 15 is 4.39 Å². The number of carbonyl (C=O) groups is 1. The summed E-state index contributed by atoms with van der Waals surface area (Å²) in [6, 6.07) is 13.3. The molecule has 1 fully saturated rings. The lowest BCUT2D eigenvalue weighted by Crippen LogP contribution is -2.47. The maximum atomic E-state index is 15.5. The summed E-state index contributed by atoms with van der Waals surface area (Å²) in [5, 5.41) is 17.8. The van der Waals surface area contributed by atoms with Crippen molar-refractivity contribution in [2.45, 2.75) is 18.8 Å². The second-order valence-corrected chi connectivity index (χ2v) is 8.80. The summed E-state index contributed by atoms with van der Waals surface area (Å²) in [5.74, 6) is -2.28. The maximum Gasteiger partial charge on any atom is 0.335 e. The number of rotatable bonds is 6. The van der Waals surface area contributed by atoms with E-state index in [9.17, 15) is 14.3 Å². The molecule has 0 atom stereocenters. The van der Waals surface area contributed by atoms with Gasteiger partial charge in [0, 0.05) is 45.4 Å². The lowest BCUT2D eigenvalue weighted by molar-refractivity contribution is -0.0644. The zero-order valence-electron chi connectivity index (χ0n) is 18.9. The van der Waals surface area contributed by atoms with Crippen LogP contribution in [0.2, 0.25) is 0 Å². The number of nitrogens with zero attached hydrogens (tertiary/aromatic N) is 1. The molecule has 1 aromatic heterocycles. The number of anilines is 1. The molecule has 8 heteroatoms. The molecule has 2 heterocycles. The van der Waals surface area contributed by atoms with Gasteiger partial charge in [-0.3, -0.25) is 0 Å². The molecule has 0 spiro atoms. The van der Waals surface area contributed by atoms with Crippen LogP contribution in [-0.4, -0.2) is 35.1 Å². The molecule has 0 radical (unpaired) electrons. The number of nitrogens with one attached hydrogen (secondary N) is 1. The molecule has 1 aliphatic heterocycles. The van der Waals surface area contributed by atoms with E-state index < -0.39 is 17.2 Å². The first-order valence-corrected chi connectivity index (χ1v) is 11.2. The SMILES string of the molecule is CCC1(c2c(-c3ccc(C(=O)O)cc3F)c3cc(N)c(C=N)cc3n2-c2ccc(F)cc2)COC1. The van der Waals surface area contributed by atoms with Crippen LogP contribution in [0.25, 0.3) is 27.7 Å². The number of carboxylic acids is 1. The van der Waals surface area contributed by atoms with E-state index in [4.69, 9.17) is 15.9 Å². The van der Waals surface area contributed by atoms with Crippen LogP contribution in [0.3, 0.4) is 0 Å². The van der Waals surface area contributed by atoms with E-state index in [1.807, 2.05) is 11.5 Å². The van der Waals surface area contributed by atoms with Crippen LogP contribution in [-0.2, 0) is 10.2 Å². The summed E-state index contributed by atoms with van der Waals surface area (Å²) in [5.41, 5.74) is 9.41. The number of nitrogens with two attached hydrogens (primary N) is 1. The molecule has 0 saturated carbocycles. The fourth-order valence-electron chi connectivity index (χ4n) is 4.83. The molecule has 0 amide bonds. The van der Waals surface area contributed by atoms with Crippen LogP contribution in [0.5, 0.6) is 0 Å². The van der Waals surface area contributed by atoms with Crippen molar-refractivity contribution < 1.29 is 23.4 Å². The Morgan fingerprint density at radius 3 is 2.43 bits per heavy atom. The van der Waals surface area contributed by atoms with Crippen LogP contribution in [0, 0.1) is 17.0 Å². The van der Waals surface area contributed by atoms with E-state index in [1.54, 1.807) is 24.3 Å². The first-order valence-electron chi connectivity index (χ1n) is 11.2. The van der Waals surface area contributed by atoms with Crippen molar-refractivity contribution in [1.82, 2.24) is 4.57 Å². The molecule has 1 aliphatic rings. The highest BCUT2D eigenvalue weighted by molar-refractivity contribution is 6.05. The number of fused-ring (bicyclic) bond motifs is 1. The van der Waals surface area contributed by atoms with E-state index in [0.717, 1.165) is 18.0 Å². The van der Waals surface area contributed by atoms with E-state index in [0.29, 0.717) is 53.0 Å². The number of nitrogen functional groups attached to an aromatic ring is 1. The Kier molecular flexibility index (Phi) is 5.40. The number of halogens is 2. The average molecular weight is 475 g/mol. The number of ether oxygens (including phenoxy) is 1. The fourth-order valence-corrected chi connectivity index (χ4v) is 4.83. The van der Waals surface area contributed by atoms with Gasteiger partial charge < -0.3 is 25.6 Å². The molecule has 4 N–H and O–H groups in total. The Hall–Kier alpha value is -4.04. The first-order chi connectivity index (χ1) is 16.8. The molecular weight excluding hydrogens is 452 g/mol. The normalized spacial score (nSPS) is 14.6. The van der Waals surface area contributed by atoms with Gasteiger partial charge in [0.2, 0.25) is 0 Å². The zero-order chi connectivity index (χ0) is 24.9. The summed E-state index contributed by atoms with van der Waals surface area (Å²) in [6.45, 7) is 2.85. The van der Waals surface area contributed by atoms with Gasteiger partial charge in [-0.05, 0) is 55.0 Å². The molecule has 6 nitrogen and oxygen atoms in total. The van der Waals surface area contributed by atoms with Crippen molar-refractivity contribution in [1.29, 1.82) is 5.41 Å². The lowest BCUT2D eigenvalue weighted by atomic mass is 9.76. The Labute approximate surface area is 200 Å². The summed E-state index contributed by atoms with van der Waals surface area (Å²) < 4.78 is 36.9. The molecular formula is C27H23F2N3O3. The maximum absolute atomic E-state index is 15.5. The van der Waals surface area contributed by atoms with Gasteiger partial charge in [0.25, 0.3) is 0 Å². The molecule has 3 aromatic carbocycles. The smallest absolute Gasteiger partial charge is 0.335 e. The quantitative estimate of drug-likeness (QED) is 0.252. The number of aromatic carboxylic acids is 1. The zero-order valence-corrected chi connectivity index (χ0v) is 18.9. The summed E-state index contributed by atoms with van der Waals surface area (Å²) >= 11 is 0. The number of benzene rings is 3. The minimum absolute atomic E-state index is 0.155. The van der Waals surface area contributed by atoms with Crippen LogP contribution in [0.4, 0.5) is 14.5 Å². The predicted molar refractivity (Wildman–Crippen MR) is 131 cm³/mol. The standard InChI is InChI=1S/C27H23F2N3O3/c1-2-27(13-35-14-27)25-24(19-8-3-15(26(33)34)9-21(19)29)20-11-22(31)16(12-30)10-23(20)32(25)18-6-4-17(28)5-7-18/h3-12,30H,2,13-14,31H2,1H3,(H,33,34). The highest BCUT2D eigenvalue weighted by atomic mass is 19.1.